The number of hydrogen-bond donors (Lipinski definition) is 5. The van der Waals surface area contributed by atoms with E-state index in [4.69, 9.17) is 0 Å². The molecule has 0 fully saturated rings. The molecule has 3 rings (SSSR count). The Morgan fingerprint density at radius 2 is 1.82 bits per heavy atom. The van der Waals surface area contributed by atoms with E-state index in [2.05, 4.69) is 20.9 Å². The number of halogens is 3. The van der Waals surface area contributed by atoms with Crippen molar-refractivity contribution in [3.05, 3.63) is 65.2 Å². The first-order valence-corrected chi connectivity index (χ1v) is 13.2. The Morgan fingerprint density at radius 1 is 1.10 bits per heavy atom. The molecule has 0 radical (unpaired) electrons. The number of carboxylic acids is 1. The number of carbonyl (C=O) groups is 3. The number of nitrogens with one attached hydrogen (secondary N) is 4. The molecule has 1 aliphatic rings. The molecule has 0 saturated heterocycles. The van der Waals surface area contributed by atoms with Crippen molar-refractivity contribution in [2.75, 3.05) is 19.6 Å². The highest BCUT2D eigenvalue weighted by Gasteiger charge is 2.33. The van der Waals surface area contributed by atoms with E-state index in [1.165, 1.54) is 12.1 Å². The van der Waals surface area contributed by atoms with E-state index < -0.39 is 51.1 Å². The molecular weight excluding hydrogens is 543 g/mol. The van der Waals surface area contributed by atoms with Crippen LogP contribution in [-0.4, -0.2) is 62.9 Å². The van der Waals surface area contributed by atoms with E-state index in [1.807, 2.05) is 0 Å². The number of rotatable bonds is 10. The van der Waals surface area contributed by atoms with Crippen LogP contribution in [0.25, 0.3) is 0 Å². The second-order valence-electron chi connectivity index (χ2n) is 8.50. The van der Waals surface area contributed by atoms with Crippen LogP contribution in [0.1, 0.15) is 34.3 Å². The molecule has 1 aliphatic heterocycles. The fraction of sp³-hybridized carbons (Fsp3) is 0.333. The van der Waals surface area contributed by atoms with Crippen molar-refractivity contribution < 1.29 is 41.1 Å². The Hall–Kier alpha value is -3.98. The van der Waals surface area contributed by atoms with Crippen LogP contribution >= 0.6 is 0 Å². The number of amides is 2. The molecule has 210 valence electrons. The fourth-order valence-electron chi connectivity index (χ4n) is 3.46. The van der Waals surface area contributed by atoms with Gasteiger partial charge in [-0.25, -0.2) is 8.42 Å². The Labute approximate surface area is 221 Å². The summed E-state index contributed by atoms with van der Waals surface area (Å²) in [5, 5.41) is 17.3. The molecule has 0 spiro atoms. The zero-order chi connectivity index (χ0) is 28.6. The van der Waals surface area contributed by atoms with Crippen molar-refractivity contribution in [3.63, 3.8) is 0 Å². The third kappa shape index (κ3) is 8.78. The van der Waals surface area contributed by atoms with E-state index in [0.717, 1.165) is 30.7 Å². The van der Waals surface area contributed by atoms with Gasteiger partial charge in [-0.15, -0.1) is 0 Å². The van der Waals surface area contributed by atoms with E-state index in [9.17, 15) is 41.1 Å². The van der Waals surface area contributed by atoms with E-state index in [1.54, 1.807) is 16.9 Å². The number of carbonyl (C=O) groups excluding carboxylic acids is 2. The first-order valence-electron chi connectivity index (χ1n) is 11.7. The van der Waals surface area contributed by atoms with Crippen molar-refractivity contribution >= 4 is 33.8 Å². The lowest BCUT2D eigenvalue weighted by Gasteiger charge is -2.16. The topological polar surface area (TPSA) is 166 Å². The minimum atomic E-state index is -4.80. The molecule has 1 heterocycles. The van der Waals surface area contributed by atoms with Gasteiger partial charge in [-0.1, -0.05) is 18.2 Å². The summed E-state index contributed by atoms with van der Waals surface area (Å²) in [7, 11) is -4.65. The van der Waals surface area contributed by atoms with Gasteiger partial charge < -0.3 is 15.7 Å². The molecule has 0 aromatic heterocycles. The molecule has 39 heavy (non-hydrogen) atoms. The van der Waals surface area contributed by atoms with Crippen molar-refractivity contribution in [2.24, 2.45) is 4.99 Å². The number of nitrogens with zero attached hydrogens (tertiary/aromatic N) is 1. The van der Waals surface area contributed by atoms with Gasteiger partial charge in [0.2, 0.25) is 15.9 Å². The van der Waals surface area contributed by atoms with Crippen LogP contribution in [0.4, 0.5) is 13.2 Å². The van der Waals surface area contributed by atoms with Gasteiger partial charge in [0, 0.05) is 31.6 Å². The molecule has 0 aliphatic carbocycles. The first-order chi connectivity index (χ1) is 18.3. The molecule has 1 atom stereocenters. The zero-order valence-corrected chi connectivity index (χ0v) is 21.2. The lowest BCUT2D eigenvalue weighted by atomic mass is 10.1. The fourth-order valence-corrected chi connectivity index (χ4v) is 4.70. The third-order valence-electron chi connectivity index (χ3n) is 5.55. The van der Waals surface area contributed by atoms with Crippen LogP contribution < -0.4 is 20.7 Å². The molecule has 0 unspecified atom stereocenters. The van der Waals surface area contributed by atoms with Gasteiger partial charge in [-0.05, 0) is 48.7 Å². The van der Waals surface area contributed by atoms with Crippen molar-refractivity contribution in [2.45, 2.75) is 36.4 Å². The Bertz CT molecular complexity index is 1350. The summed E-state index contributed by atoms with van der Waals surface area (Å²) in [6.07, 6.45) is -3.33. The summed E-state index contributed by atoms with van der Waals surface area (Å²) in [6, 6.07) is 7.12. The number of guanidine groups is 1. The summed E-state index contributed by atoms with van der Waals surface area (Å²) < 4.78 is 65.6. The van der Waals surface area contributed by atoms with Crippen molar-refractivity contribution in [3.8, 4) is 0 Å². The molecule has 0 saturated carbocycles. The Kier molecular flexibility index (Phi) is 9.64. The Balaban J connectivity index is 1.54. The quantitative estimate of drug-likeness (QED) is 0.287. The predicted octanol–water partition coefficient (Wildman–Crippen LogP) is 1.27. The van der Waals surface area contributed by atoms with Gasteiger partial charge >= 0.3 is 12.1 Å². The molecule has 2 aromatic carbocycles. The predicted molar refractivity (Wildman–Crippen MR) is 133 cm³/mol. The molecule has 2 aromatic rings. The standard InChI is InChI=1S/C24H26F3N5O6S/c25-24(26,27)17-3-1-4-18(13-17)39(37,38)32-19(22(35)36)14-30-21(34)16-8-5-15(6-9-16)7-10-20(33)31-23-28-11-2-12-29-23/h1,3-6,8-9,13,19,32H,2,7,10-12,14H2,(H,30,34)(H,35,36)(H2,28,29,31,33)/t19-/m0/s1. The monoisotopic (exact) mass is 569 g/mol. The smallest absolute Gasteiger partial charge is 0.416 e. The van der Waals surface area contributed by atoms with Crippen molar-refractivity contribution in [1.29, 1.82) is 0 Å². The zero-order valence-electron chi connectivity index (χ0n) is 20.4. The minimum Gasteiger partial charge on any atom is -0.480 e. The summed E-state index contributed by atoms with van der Waals surface area (Å²) in [6.45, 7) is 0.699. The number of aliphatic imine (C=N–C) groups is 1. The molecule has 2 amide bonds. The highest BCUT2D eigenvalue weighted by molar-refractivity contribution is 7.89. The second kappa shape index (κ2) is 12.7. The van der Waals surface area contributed by atoms with Crippen LogP contribution in [0.15, 0.2) is 58.4 Å². The second-order valence-corrected chi connectivity index (χ2v) is 10.2. The first kappa shape index (κ1) is 29.6. The van der Waals surface area contributed by atoms with E-state index >= 15 is 0 Å². The number of hydrogen-bond acceptors (Lipinski definition) is 7. The molecule has 0 bridgehead atoms. The SMILES string of the molecule is O=C(CCc1ccc(C(=O)NC[C@H](NS(=O)(=O)c2cccc(C(F)(F)F)c2)C(=O)O)cc1)NC1=NCCCN1. The number of carboxylic acid groups (broad SMARTS) is 1. The third-order valence-corrected chi connectivity index (χ3v) is 7.02. The van der Waals surface area contributed by atoms with Crippen molar-refractivity contribution in [1.82, 2.24) is 20.7 Å². The van der Waals surface area contributed by atoms with Crippen LogP contribution in [-0.2, 0) is 32.2 Å². The molecule has 11 nitrogen and oxygen atoms in total. The van der Waals surface area contributed by atoms with Gasteiger partial charge in [0.15, 0.2) is 5.96 Å². The minimum absolute atomic E-state index is 0.147. The van der Waals surface area contributed by atoms with Crippen LogP contribution in [0.2, 0.25) is 0 Å². The average molecular weight is 570 g/mol. The summed E-state index contributed by atoms with van der Waals surface area (Å²) in [5.41, 5.74) is -0.309. The van der Waals surface area contributed by atoms with E-state index in [-0.39, 0.29) is 17.9 Å². The maximum Gasteiger partial charge on any atom is 0.416 e. The highest BCUT2D eigenvalue weighted by Crippen LogP contribution is 2.30. The Morgan fingerprint density at radius 3 is 2.44 bits per heavy atom. The summed E-state index contributed by atoms with van der Waals surface area (Å²) in [4.78, 5) is 39.5. The summed E-state index contributed by atoms with van der Waals surface area (Å²) >= 11 is 0. The maximum absolute atomic E-state index is 12.9. The maximum atomic E-state index is 12.9. The number of aliphatic carboxylic acids is 1. The lowest BCUT2D eigenvalue weighted by molar-refractivity contribution is -0.139. The number of sulfonamides is 1. The molecular formula is C24H26F3N5O6S. The highest BCUT2D eigenvalue weighted by atomic mass is 32.2. The largest absolute Gasteiger partial charge is 0.480 e. The number of alkyl halides is 3. The normalized spacial score (nSPS) is 14.5. The average Bonchev–Trinajstić information content (AvgIpc) is 2.90. The lowest BCUT2D eigenvalue weighted by Crippen LogP contribution is -2.48. The van der Waals surface area contributed by atoms with Crippen LogP contribution in [0.5, 0.6) is 0 Å². The van der Waals surface area contributed by atoms with Crippen LogP contribution in [0, 0.1) is 0 Å². The van der Waals surface area contributed by atoms with Gasteiger partial charge in [0.25, 0.3) is 5.91 Å². The van der Waals surface area contributed by atoms with Gasteiger partial charge in [-0.2, -0.15) is 17.9 Å². The van der Waals surface area contributed by atoms with Gasteiger partial charge in [-0.3, -0.25) is 24.7 Å². The number of aryl methyl sites for hydroxylation is 1. The van der Waals surface area contributed by atoms with Crippen LogP contribution in [0.3, 0.4) is 0 Å². The molecule has 5 N–H and O–H groups in total. The van der Waals surface area contributed by atoms with Gasteiger partial charge in [0.05, 0.1) is 10.5 Å². The van der Waals surface area contributed by atoms with Gasteiger partial charge in [0.1, 0.15) is 6.04 Å². The molecule has 15 heteroatoms. The van der Waals surface area contributed by atoms with E-state index in [0.29, 0.717) is 31.1 Å². The summed E-state index contributed by atoms with van der Waals surface area (Å²) in [5.74, 6) is -2.13. The number of benzene rings is 2.